The van der Waals surface area contributed by atoms with Crippen molar-refractivity contribution in [3.8, 4) is 0 Å². The van der Waals surface area contributed by atoms with Gasteiger partial charge < -0.3 is 14.5 Å². The lowest BCUT2D eigenvalue weighted by Gasteiger charge is -2.22. The summed E-state index contributed by atoms with van der Waals surface area (Å²) in [5.74, 6) is 0.607. The summed E-state index contributed by atoms with van der Waals surface area (Å²) >= 11 is 1.47. The molecule has 2 rings (SSSR count). The van der Waals surface area contributed by atoms with E-state index in [4.69, 9.17) is 4.74 Å². The lowest BCUT2D eigenvalue weighted by Crippen LogP contribution is -2.35. The Kier molecular flexibility index (Phi) is 5.58. The fraction of sp³-hybridized carbons (Fsp3) is 0.750. The Bertz CT molecular complexity index is 529. The summed E-state index contributed by atoms with van der Waals surface area (Å²) in [4.78, 5) is 22.3. The van der Waals surface area contributed by atoms with E-state index in [0.717, 1.165) is 28.7 Å². The Morgan fingerprint density at radius 1 is 1.50 bits per heavy atom. The third kappa shape index (κ3) is 3.50. The number of thiazole rings is 1. The van der Waals surface area contributed by atoms with E-state index < -0.39 is 0 Å². The predicted octanol–water partition coefficient (Wildman–Crippen LogP) is 2.57. The van der Waals surface area contributed by atoms with Gasteiger partial charge in [-0.25, -0.2) is 4.98 Å². The summed E-state index contributed by atoms with van der Waals surface area (Å²) in [6, 6.07) is 0.430. The van der Waals surface area contributed by atoms with Crippen LogP contribution < -0.4 is 0 Å². The van der Waals surface area contributed by atoms with E-state index in [9.17, 15) is 4.79 Å². The van der Waals surface area contributed by atoms with Gasteiger partial charge in [-0.05, 0) is 40.8 Å². The van der Waals surface area contributed by atoms with Gasteiger partial charge in [0.05, 0.1) is 5.69 Å². The molecular weight excluding hydrogens is 298 g/mol. The van der Waals surface area contributed by atoms with Crippen molar-refractivity contribution in [2.24, 2.45) is 5.92 Å². The van der Waals surface area contributed by atoms with Crippen molar-refractivity contribution in [2.75, 3.05) is 33.8 Å². The van der Waals surface area contributed by atoms with Crippen LogP contribution in [0.25, 0.3) is 0 Å². The lowest BCUT2D eigenvalue weighted by molar-refractivity contribution is 0.0761. The van der Waals surface area contributed by atoms with E-state index in [-0.39, 0.29) is 12.0 Å². The highest BCUT2D eigenvalue weighted by atomic mass is 32.1. The number of rotatable bonds is 5. The number of ether oxygens (including phenoxy) is 1. The summed E-state index contributed by atoms with van der Waals surface area (Å²) in [7, 11) is 4.16. The minimum atomic E-state index is -0.0534. The van der Waals surface area contributed by atoms with Gasteiger partial charge in [0, 0.05) is 25.7 Å². The van der Waals surface area contributed by atoms with E-state index in [1.54, 1.807) is 0 Å². The van der Waals surface area contributed by atoms with Crippen molar-refractivity contribution < 1.29 is 9.53 Å². The first-order valence-electron chi connectivity index (χ1n) is 7.89. The van der Waals surface area contributed by atoms with E-state index in [1.165, 1.54) is 11.3 Å². The Hall–Kier alpha value is -0.980. The molecule has 0 unspecified atom stereocenters. The second-order valence-corrected chi connectivity index (χ2v) is 7.31. The van der Waals surface area contributed by atoms with E-state index >= 15 is 0 Å². The maximum absolute atomic E-state index is 12.8. The second kappa shape index (κ2) is 7.06. The van der Waals surface area contributed by atoms with Crippen LogP contribution in [0.2, 0.25) is 0 Å². The van der Waals surface area contributed by atoms with Crippen LogP contribution in [0.3, 0.4) is 0 Å². The molecule has 0 saturated carbocycles. The van der Waals surface area contributed by atoms with E-state index in [2.05, 4.69) is 30.9 Å². The summed E-state index contributed by atoms with van der Waals surface area (Å²) in [5.41, 5.74) is 0.817. The smallest absolute Gasteiger partial charge is 0.265 e. The van der Waals surface area contributed by atoms with Gasteiger partial charge in [0.2, 0.25) is 0 Å². The van der Waals surface area contributed by atoms with Gasteiger partial charge in [0.15, 0.2) is 0 Å². The summed E-state index contributed by atoms with van der Waals surface area (Å²) < 4.78 is 5.58. The van der Waals surface area contributed by atoms with Crippen LogP contribution in [-0.2, 0) is 4.74 Å². The zero-order valence-corrected chi connectivity index (χ0v) is 15.2. The summed E-state index contributed by atoms with van der Waals surface area (Å²) in [5, 5.41) is 0.888. The summed E-state index contributed by atoms with van der Waals surface area (Å²) in [6.07, 6.45) is -0.0534. The fourth-order valence-corrected chi connectivity index (χ4v) is 4.08. The molecule has 124 valence electrons. The first kappa shape index (κ1) is 17.4. The Balaban J connectivity index is 2.13. The van der Waals surface area contributed by atoms with Crippen LogP contribution in [0, 0.1) is 12.8 Å². The number of likely N-dealkylation sites (tertiary alicyclic amines) is 1. The molecule has 0 aliphatic carbocycles. The van der Waals surface area contributed by atoms with Gasteiger partial charge in [-0.15, -0.1) is 11.3 Å². The minimum Gasteiger partial charge on any atom is -0.372 e. The van der Waals surface area contributed by atoms with Crippen LogP contribution in [-0.4, -0.2) is 60.5 Å². The van der Waals surface area contributed by atoms with Crippen molar-refractivity contribution >= 4 is 17.2 Å². The van der Waals surface area contributed by atoms with Crippen LogP contribution in [0.15, 0.2) is 0 Å². The molecule has 0 radical (unpaired) electrons. The molecular formula is C16H27N3O2S. The standard InChI is InChI=1S/C16H27N3O2S/c1-7-21-12(4)15-17-11(3)14(22-15)16(20)19-8-10(2)13(9-19)18(5)6/h10,12-13H,7-9H2,1-6H3/t10-,12+,13-/m0/s1. The zero-order chi connectivity index (χ0) is 16.4. The number of aryl methyl sites for hydroxylation is 1. The monoisotopic (exact) mass is 325 g/mol. The molecule has 1 fully saturated rings. The molecule has 0 spiro atoms. The molecule has 22 heavy (non-hydrogen) atoms. The molecule has 2 heterocycles. The molecule has 1 aliphatic rings. The Morgan fingerprint density at radius 2 is 2.18 bits per heavy atom. The number of carbonyl (C=O) groups excluding carboxylic acids is 1. The quantitative estimate of drug-likeness (QED) is 0.835. The van der Waals surface area contributed by atoms with Crippen molar-refractivity contribution in [3.05, 3.63) is 15.6 Å². The zero-order valence-electron chi connectivity index (χ0n) is 14.4. The lowest BCUT2D eigenvalue weighted by atomic mass is 10.1. The molecule has 0 N–H and O–H groups in total. The maximum Gasteiger partial charge on any atom is 0.265 e. The van der Waals surface area contributed by atoms with Crippen LogP contribution in [0.4, 0.5) is 0 Å². The normalized spacial score (nSPS) is 23.3. The minimum absolute atomic E-state index is 0.0534. The van der Waals surface area contributed by atoms with Gasteiger partial charge in [0.25, 0.3) is 5.91 Å². The van der Waals surface area contributed by atoms with Crippen LogP contribution >= 0.6 is 11.3 Å². The first-order chi connectivity index (χ1) is 10.3. The molecule has 1 saturated heterocycles. The molecule has 1 amide bonds. The van der Waals surface area contributed by atoms with Crippen LogP contribution in [0.5, 0.6) is 0 Å². The van der Waals surface area contributed by atoms with E-state index in [1.807, 2.05) is 25.7 Å². The number of likely N-dealkylation sites (N-methyl/N-ethyl adjacent to an activating group) is 1. The highest BCUT2D eigenvalue weighted by molar-refractivity contribution is 7.13. The van der Waals surface area contributed by atoms with Crippen molar-refractivity contribution in [2.45, 2.75) is 39.8 Å². The van der Waals surface area contributed by atoms with Gasteiger partial charge in [-0.2, -0.15) is 0 Å². The number of aromatic nitrogens is 1. The molecule has 5 nitrogen and oxygen atoms in total. The average molecular weight is 325 g/mol. The van der Waals surface area contributed by atoms with Gasteiger partial charge in [0.1, 0.15) is 16.0 Å². The number of hydrogen-bond acceptors (Lipinski definition) is 5. The average Bonchev–Trinajstić information content (AvgIpc) is 3.02. The number of amides is 1. The second-order valence-electron chi connectivity index (χ2n) is 6.28. The Labute approximate surface area is 137 Å². The largest absolute Gasteiger partial charge is 0.372 e. The fourth-order valence-electron chi connectivity index (χ4n) is 3.04. The van der Waals surface area contributed by atoms with E-state index in [0.29, 0.717) is 18.6 Å². The molecule has 1 aliphatic heterocycles. The predicted molar refractivity (Wildman–Crippen MR) is 89.4 cm³/mol. The van der Waals surface area contributed by atoms with Crippen molar-refractivity contribution in [1.82, 2.24) is 14.8 Å². The van der Waals surface area contributed by atoms with Gasteiger partial charge >= 0.3 is 0 Å². The molecule has 1 aromatic rings. The highest BCUT2D eigenvalue weighted by Gasteiger charge is 2.35. The third-order valence-electron chi connectivity index (χ3n) is 4.29. The summed E-state index contributed by atoms with van der Waals surface area (Å²) in [6.45, 7) is 10.3. The molecule has 1 aromatic heterocycles. The van der Waals surface area contributed by atoms with Crippen molar-refractivity contribution in [1.29, 1.82) is 0 Å². The SMILES string of the molecule is CCO[C@H](C)c1nc(C)c(C(=O)N2C[C@H](C)[C@@H](N(C)C)C2)s1. The van der Waals surface area contributed by atoms with Gasteiger partial charge in [-0.3, -0.25) is 4.79 Å². The van der Waals surface area contributed by atoms with Crippen molar-refractivity contribution in [3.63, 3.8) is 0 Å². The number of hydrogen-bond donors (Lipinski definition) is 0. The highest BCUT2D eigenvalue weighted by Crippen LogP contribution is 2.29. The topological polar surface area (TPSA) is 45.7 Å². The number of carbonyl (C=O) groups is 1. The molecule has 3 atom stereocenters. The molecule has 0 bridgehead atoms. The number of nitrogens with zero attached hydrogens (tertiary/aromatic N) is 3. The van der Waals surface area contributed by atoms with Crippen LogP contribution in [0.1, 0.15) is 47.2 Å². The Morgan fingerprint density at radius 3 is 2.73 bits per heavy atom. The molecule has 0 aromatic carbocycles. The first-order valence-corrected chi connectivity index (χ1v) is 8.71. The van der Waals surface area contributed by atoms with Gasteiger partial charge in [-0.1, -0.05) is 6.92 Å². The third-order valence-corrected chi connectivity index (χ3v) is 5.60. The molecule has 6 heteroatoms. The maximum atomic E-state index is 12.8.